The van der Waals surface area contributed by atoms with E-state index in [-0.39, 0.29) is 17.4 Å². The molecule has 19 heavy (non-hydrogen) atoms. The predicted octanol–water partition coefficient (Wildman–Crippen LogP) is 3.23. The van der Waals surface area contributed by atoms with E-state index in [0.717, 1.165) is 5.75 Å². The number of hydrogen-bond acceptors (Lipinski definition) is 2. The highest BCUT2D eigenvalue weighted by atomic mass is 16.5. The highest BCUT2D eigenvalue weighted by Crippen LogP contribution is 2.17. The van der Waals surface area contributed by atoms with Crippen LogP contribution in [0.2, 0.25) is 0 Å². The normalized spacial score (nSPS) is 12.9. The van der Waals surface area contributed by atoms with Crippen LogP contribution < -0.4 is 10.1 Å². The smallest absolute Gasteiger partial charge is 0.225 e. The summed E-state index contributed by atoms with van der Waals surface area (Å²) in [6.07, 6.45) is 0. The maximum Gasteiger partial charge on any atom is 0.225 e. The Hall–Kier alpha value is -1.51. The third-order valence-corrected chi connectivity index (χ3v) is 3.04. The second-order valence-electron chi connectivity index (χ2n) is 6.18. The Kier molecular flexibility index (Phi) is 4.98. The Bertz CT molecular complexity index is 447. The first-order chi connectivity index (χ1) is 8.70. The van der Waals surface area contributed by atoms with Crippen LogP contribution in [0.5, 0.6) is 5.75 Å². The maximum atomic E-state index is 11.8. The Morgan fingerprint density at radius 1 is 1.26 bits per heavy atom. The van der Waals surface area contributed by atoms with Crippen molar-refractivity contribution in [2.24, 2.45) is 5.41 Å². The van der Waals surface area contributed by atoms with Gasteiger partial charge in [-0.25, -0.2) is 0 Å². The molecule has 0 aliphatic rings. The first-order valence-electron chi connectivity index (χ1n) is 6.71. The van der Waals surface area contributed by atoms with Gasteiger partial charge in [-0.1, -0.05) is 26.8 Å². The average Bonchev–Trinajstić information content (AvgIpc) is 2.29. The SMILES string of the molecule is Cc1ccc(OCC(C)NC(=O)C(C)(C)C)cc1C. The minimum Gasteiger partial charge on any atom is -0.491 e. The van der Waals surface area contributed by atoms with E-state index in [4.69, 9.17) is 4.74 Å². The van der Waals surface area contributed by atoms with Gasteiger partial charge in [0.2, 0.25) is 5.91 Å². The molecule has 0 fully saturated rings. The summed E-state index contributed by atoms with van der Waals surface area (Å²) in [4.78, 5) is 11.8. The molecule has 1 N–H and O–H groups in total. The van der Waals surface area contributed by atoms with E-state index in [0.29, 0.717) is 6.61 Å². The maximum absolute atomic E-state index is 11.8. The zero-order valence-corrected chi connectivity index (χ0v) is 12.8. The lowest BCUT2D eigenvalue weighted by molar-refractivity contribution is -0.129. The summed E-state index contributed by atoms with van der Waals surface area (Å²) in [5, 5.41) is 2.95. The zero-order valence-electron chi connectivity index (χ0n) is 12.8. The molecular formula is C16H25NO2. The predicted molar refractivity (Wildman–Crippen MR) is 78.5 cm³/mol. The molecule has 3 nitrogen and oxygen atoms in total. The Morgan fingerprint density at radius 2 is 1.89 bits per heavy atom. The van der Waals surface area contributed by atoms with E-state index in [2.05, 4.69) is 19.2 Å². The largest absolute Gasteiger partial charge is 0.491 e. The van der Waals surface area contributed by atoms with Gasteiger partial charge in [0.05, 0.1) is 6.04 Å². The van der Waals surface area contributed by atoms with Gasteiger partial charge in [-0.3, -0.25) is 4.79 Å². The van der Waals surface area contributed by atoms with Gasteiger partial charge < -0.3 is 10.1 Å². The molecular weight excluding hydrogens is 238 g/mol. The summed E-state index contributed by atoms with van der Waals surface area (Å²) in [5.41, 5.74) is 2.10. The first-order valence-corrected chi connectivity index (χ1v) is 6.71. The molecule has 0 spiro atoms. The van der Waals surface area contributed by atoms with Crippen LogP contribution in [0.4, 0.5) is 0 Å². The minimum atomic E-state index is -0.366. The number of rotatable bonds is 4. The van der Waals surface area contributed by atoms with Crippen LogP contribution >= 0.6 is 0 Å². The average molecular weight is 263 g/mol. The Morgan fingerprint density at radius 3 is 2.42 bits per heavy atom. The second kappa shape index (κ2) is 6.09. The minimum absolute atomic E-state index is 0.00617. The van der Waals surface area contributed by atoms with Gasteiger partial charge in [0, 0.05) is 5.41 Å². The summed E-state index contributed by atoms with van der Waals surface area (Å²) >= 11 is 0. The fourth-order valence-electron chi connectivity index (χ4n) is 1.51. The van der Waals surface area contributed by atoms with Crippen LogP contribution in [0.3, 0.4) is 0 Å². The number of carbonyl (C=O) groups is 1. The van der Waals surface area contributed by atoms with Crippen molar-refractivity contribution in [1.82, 2.24) is 5.32 Å². The Balaban J connectivity index is 2.48. The summed E-state index contributed by atoms with van der Waals surface area (Å²) in [7, 11) is 0. The molecule has 1 aromatic rings. The lowest BCUT2D eigenvalue weighted by Gasteiger charge is -2.22. The van der Waals surface area contributed by atoms with Crippen LogP contribution in [0.15, 0.2) is 18.2 Å². The van der Waals surface area contributed by atoms with Gasteiger partial charge in [-0.2, -0.15) is 0 Å². The van der Waals surface area contributed by atoms with Crippen LogP contribution in [0.1, 0.15) is 38.8 Å². The summed E-state index contributed by atoms with van der Waals surface area (Å²) in [5.74, 6) is 0.892. The molecule has 0 aliphatic carbocycles. The molecule has 1 amide bonds. The topological polar surface area (TPSA) is 38.3 Å². The molecule has 0 aromatic heterocycles. The Labute approximate surface area is 116 Å². The number of carbonyl (C=O) groups excluding carboxylic acids is 1. The van der Waals surface area contributed by atoms with Crippen molar-refractivity contribution in [3.63, 3.8) is 0 Å². The van der Waals surface area contributed by atoms with Crippen molar-refractivity contribution in [2.45, 2.75) is 47.6 Å². The number of amides is 1. The summed E-state index contributed by atoms with van der Waals surface area (Å²) in [6.45, 7) is 12.3. The van der Waals surface area contributed by atoms with Crippen LogP contribution in [-0.2, 0) is 4.79 Å². The van der Waals surface area contributed by atoms with Gasteiger partial charge in [-0.05, 0) is 44.0 Å². The van der Waals surface area contributed by atoms with E-state index < -0.39 is 0 Å². The molecule has 0 saturated heterocycles. The first kappa shape index (κ1) is 15.5. The van der Waals surface area contributed by atoms with Gasteiger partial charge >= 0.3 is 0 Å². The van der Waals surface area contributed by atoms with Crippen molar-refractivity contribution < 1.29 is 9.53 Å². The zero-order chi connectivity index (χ0) is 14.6. The van der Waals surface area contributed by atoms with Crippen molar-refractivity contribution >= 4 is 5.91 Å². The third-order valence-electron chi connectivity index (χ3n) is 3.04. The van der Waals surface area contributed by atoms with E-state index in [9.17, 15) is 4.79 Å². The summed E-state index contributed by atoms with van der Waals surface area (Å²) in [6, 6.07) is 6.02. The quantitative estimate of drug-likeness (QED) is 0.905. The van der Waals surface area contributed by atoms with Crippen molar-refractivity contribution in [2.75, 3.05) is 6.61 Å². The fraction of sp³-hybridized carbons (Fsp3) is 0.562. The molecule has 1 aromatic carbocycles. The van der Waals surface area contributed by atoms with Crippen LogP contribution in [0.25, 0.3) is 0 Å². The van der Waals surface area contributed by atoms with Gasteiger partial charge in [0.25, 0.3) is 0 Å². The molecule has 106 valence electrons. The number of hydrogen-bond donors (Lipinski definition) is 1. The van der Waals surface area contributed by atoms with Crippen molar-refractivity contribution in [1.29, 1.82) is 0 Å². The van der Waals surface area contributed by atoms with E-state index >= 15 is 0 Å². The third kappa shape index (κ3) is 4.93. The highest BCUT2D eigenvalue weighted by Gasteiger charge is 2.22. The van der Waals surface area contributed by atoms with Crippen molar-refractivity contribution in [3.8, 4) is 5.75 Å². The van der Waals surface area contributed by atoms with Gasteiger partial charge in [0.15, 0.2) is 0 Å². The lowest BCUT2D eigenvalue weighted by Crippen LogP contribution is -2.42. The van der Waals surface area contributed by atoms with Crippen LogP contribution in [-0.4, -0.2) is 18.6 Å². The number of aryl methyl sites for hydroxylation is 2. The van der Waals surface area contributed by atoms with Crippen LogP contribution in [0, 0.1) is 19.3 Å². The molecule has 3 heteroatoms. The molecule has 0 bridgehead atoms. The molecule has 1 rings (SSSR count). The van der Waals surface area contributed by atoms with E-state index in [1.54, 1.807) is 0 Å². The fourth-order valence-corrected chi connectivity index (χ4v) is 1.51. The number of benzene rings is 1. The number of ether oxygens (including phenoxy) is 1. The summed E-state index contributed by atoms with van der Waals surface area (Å²) < 4.78 is 5.70. The molecule has 1 unspecified atom stereocenters. The lowest BCUT2D eigenvalue weighted by atomic mass is 9.95. The number of nitrogens with one attached hydrogen (secondary N) is 1. The molecule has 0 heterocycles. The van der Waals surface area contributed by atoms with E-state index in [1.807, 2.05) is 45.9 Å². The molecule has 0 aliphatic heterocycles. The van der Waals surface area contributed by atoms with Gasteiger partial charge in [-0.15, -0.1) is 0 Å². The standard InChI is InChI=1S/C16H25NO2/c1-11-7-8-14(9-12(11)2)19-10-13(3)17-15(18)16(4,5)6/h7-9,13H,10H2,1-6H3,(H,17,18). The molecule has 1 atom stereocenters. The van der Waals surface area contributed by atoms with E-state index in [1.165, 1.54) is 11.1 Å². The molecule has 0 saturated carbocycles. The highest BCUT2D eigenvalue weighted by molar-refractivity contribution is 5.81. The van der Waals surface area contributed by atoms with Gasteiger partial charge in [0.1, 0.15) is 12.4 Å². The second-order valence-corrected chi connectivity index (χ2v) is 6.18. The van der Waals surface area contributed by atoms with Crippen molar-refractivity contribution in [3.05, 3.63) is 29.3 Å². The molecule has 0 radical (unpaired) electrons. The monoisotopic (exact) mass is 263 g/mol.